The molecule has 0 fully saturated rings. The fourth-order valence-electron chi connectivity index (χ4n) is 7.82. The highest BCUT2D eigenvalue weighted by Crippen LogP contribution is 2.41. The Morgan fingerprint density at radius 2 is 1.15 bits per heavy atom. The Hall–Kier alpha value is -6.26. The zero-order valence-corrected chi connectivity index (χ0v) is 24.6. The SMILES string of the molecule is c1ccc(-n2c3ccccc3c3c4ccc(-c5ccc6c(c5)c5cccc7c8nc9ccccc9nc8n6c57)cc4ccc32)cc1. The molecule has 11 aromatic rings. The van der Waals surface area contributed by atoms with Crippen LogP contribution in [0.4, 0.5) is 0 Å². The average molecular weight is 585 g/mol. The molecule has 0 aliphatic carbocycles. The summed E-state index contributed by atoms with van der Waals surface area (Å²) < 4.78 is 4.68. The molecule has 46 heavy (non-hydrogen) atoms. The smallest absolute Gasteiger partial charge is 0.165 e. The summed E-state index contributed by atoms with van der Waals surface area (Å²) in [5.41, 5.74) is 12.1. The molecule has 4 aromatic heterocycles. The number of fused-ring (bicyclic) bond motifs is 12. The van der Waals surface area contributed by atoms with Crippen molar-refractivity contribution in [1.82, 2.24) is 18.9 Å². The maximum absolute atomic E-state index is 5.10. The highest BCUT2D eigenvalue weighted by atomic mass is 15.0. The Kier molecular flexibility index (Phi) is 4.55. The van der Waals surface area contributed by atoms with Crippen molar-refractivity contribution in [3.8, 4) is 16.8 Å². The largest absolute Gasteiger partial charge is 0.309 e. The first-order chi connectivity index (χ1) is 22.8. The van der Waals surface area contributed by atoms with Gasteiger partial charge in [0.1, 0.15) is 5.52 Å². The summed E-state index contributed by atoms with van der Waals surface area (Å²) in [7, 11) is 0. The summed E-state index contributed by atoms with van der Waals surface area (Å²) in [5, 5.41) is 8.69. The maximum Gasteiger partial charge on any atom is 0.165 e. The summed E-state index contributed by atoms with van der Waals surface area (Å²) in [6.45, 7) is 0. The fourth-order valence-corrected chi connectivity index (χ4v) is 7.82. The van der Waals surface area contributed by atoms with Crippen molar-refractivity contribution in [3.05, 3.63) is 146 Å². The molecule has 4 heteroatoms. The van der Waals surface area contributed by atoms with E-state index >= 15 is 0 Å². The maximum atomic E-state index is 5.10. The van der Waals surface area contributed by atoms with Crippen LogP contribution < -0.4 is 0 Å². The number of hydrogen-bond acceptors (Lipinski definition) is 2. The fraction of sp³-hybridized carbons (Fsp3) is 0. The van der Waals surface area contributed by atoms with E-state index < -0.39 is 0 Å². The van der Waals surface area contributed by atoms with Gasteiger partial charge in [0, 0.05) is 32.6 Å². The lowest BCUT2D eigenvalue weighted by atomic mass is 9.97. The van der Waals surface area contributed by atoms with Crippen LogP contribution in [0.25, 0.3) is 98.8 Å². The lowest BCUT2D eigenvalue weighted by molar-refractivity contribution is 1.18. The third kappa shape index (κ3) is 3.07. The van der Waals surface area contributed by atoms with Crippen molar-refractivity contribution in [2.45, 2.75) is 0 Å². The molecule has 0 saturated heterocycles. The number of hydrogen-bond donors (Lipinski definition) is 0. The van der Waals surface area contributed by atoms with E-state index in [2.05, 4.69) is 130 Å². The Labute approximate surface area is 262 Å². The van der Waals surface area contributed by atoms with Crippen molar-refractivity contribution in [2.75, 3.05) is 0 Å². The van der Waals surface area contributed by atoms with Gasteiger partial charge in [0.25, 0.3) is 0 Å². The van der Waals surface area contributed by atoms with Crippen LogP contribution in [-0.4, -0.2) is 18.9 Å². The number of rotatable bonds is 2. The van der Waals surface area contributed by atoms with Gasteiger partial charge in [-0.15, -0.1) is 0 Å². The number of nitrogens with zero attached hydrogens (tertiary/aromatic N) is 4. The molecule has 0 saturated carbocycles. The van der Waals surface area contributed by atoms with Crippen LogP contribution in [0.2, 0.25) is 0 Å². The van der Waals surface area contributed by atoms with Crippen LogP contribution in [0.1, 0.15) is 0 Å². The number of aromatic nitrogens is 4. The minimum atomic E-state index is 0.914. The van der Waals surface area contributed by atoms with E-state index in [1.165, 1.54) is 65.7 Å². The first-order valence-corrected chi connectivity index (χ1v) is 15.7. The second-order valence-electron chi connectivity index (χ2n) is 12.2. The van der Waals surface area contributed by atoms with Gasteiger partial charge in [-0.3, -0.25) is 4.40 Å². The molecule has 0 amide bonds. The first-order valence-electron chi connectivity index (χ1n) is 15.7. The van der Waals surface area contributed by atoms with E-state index in [1.54, 1.807) is 0 Å². The van der Waals surface area contributed by atoms with Crippen LogP contribution in [0.5, 0.6) is 0 Å². The van der Waals surface area contributed by atoms with Crippen molar-refractivity contribution < 1.29 is 0 Å². The Balaban J connectivity index is 1.13. The van der Waals surface area contributed by atoms with Gasteiger partial charge in [-0.1, -0.05) is 91.0 Å². The molecule has 0 N–H and O–H groups in total. The topological polar surface area (TPSA) is 35.1 Å². The standard InChI is InChI=1S/C42H24N4/c1-2-9-28(10-3-1)45-36-16-7-4-11-31(36)39-29-20-17-25(23-27(29)19-22-38(39)45)26-18-21-37-33(24-26)30-12-8-13-32-40-42(46(37)41(30)32)44-35-15-6-5-14-34(35)43-40/h1-24H. The molecule has 7 aromatic carbocycles. The van der Waals surface area contributed by atoms with Crippen LogP contribution in [0, 0.1) is 0 Å². The minimum absolute atomic E-state index is 0.914. The van der Waals surface area contributed by atoms with Crippen LogP contribution in [0.3, 0.4) is 0 Å². The van der Waals surface area contributed by atoms with E-state index in [9.17, 15) is 0 Å². The lowest BCUT2D eigenvalue weighted by Crippen LogP contribution is -1.92. The van der Waals surface area contributed by atoms with E-state index in [4.69, 9.17) is 9.97 Å². The zero-order valence-electron chi connectivity index (χ0n) is 24.6. The molecular formula is C42H24N4. The van der Waals surface area contributed by atoms with E-state index in [0.29, 0.717) is 0 Å². The van der Waals surface area contributed by atoms with Crippen molar-refractivity contribution >= 4 is 82.0 Å². The third-order valence-electron chi connectivity index (χ3n) is 9.81. The molecule has 0 aliphatic rings. The van der Waals surface area contributed by atoms with Crippen LogP contribution in [-0.2, 0) is 0 Å². The highest BCUT2D eigenvalue weighted by Gasteiger charge is 2.20. The van der Waals surface area contributed by atoms with Crippen LogP contribution in [0.15, 0.2) is 146 Å². The first kappa shape index (κ1) is 24.1. The van der Waals surface area contributed by atoms with Gasteiger partial charge in [0.2, 0.25) is 0 Å². The number of para-hydroxylation sites is 5. The molecule has 0 unspecified atom stereocenters. The molecule has 4 heterocycles. The Bertz CT molecular complexity index is 3020. The Morgan fingerprint density at radius 1 is 0.435 bits per heavy atom. The minimum Gasteiger partial charge on any atom is -0.309 e. The summed E-state index contributed by atoms with van der Waals surface area (Å²) in [6.07, 6.45) is 0. The average Bonchev–Trinajstić information content (AvgIpc) is 3.75. The van der Waals surface area contributed by atoms with Gasteiger partial charge in [0.05, 0.1) is 33.1 Å². The molecular weight excluding hydrogens is 560 g/mol. The molecule has 0 aliphatic heterocycles. The molecule has 212 valence electrons. The van der Waals surface area contributed by atoms with Gasteiger partial charge < -0.3 is 4.57 Å². The van der Waals surface area contributed by atoms with Gasteiger partial charge in [0.15, 0.2) is 5.65 Å². The van der Waals surface area contributed by atoms with Gasteiger partial charge in [-0.25, -0.2) is 9.97 Å². The second-order valence-corrected chi connectivity index (χ2v) is 12.2. The van der Waals surface area contributed by atoms with E-state index in [0.717, 1.165) is 33.1 Å². The van der Waals surface area contributed by atoms with E-state index in [-0.39, 0.29) is 0 Å². The summed E-state index contributed by atoms with van der Waals surface area (Å²) in [5.74, 6) is 0. The van der Waals surface area contributed by atoms with Gasteiger partial charge >= 0.3 is 0 Å². The predicted molar refractivity (Wildman–Crippen MR) is 191 cm³/mol. The quantitative estimate of drug-likeness (QED) is 0.203. The molecule has 0 atom stereocenters. The molecule has 0 bridgehead atoms. The molecule has 4 nitrogen and oxygen atoms in total. The summed E-state index contributed by atoms with van der Waals surface area (Å²) >= 11 is 0. The van der Waals surface area contributed by atoms with Crippen LogP contribution >= 0.6 is 0 Å². The monoisotopic (exact) mass is 584 g/mol. The molecule has 0 radical (unpaired) electrons. The highest BCUT2D eigenvalue weighted by molar-refractivity contribution is 6.24. The van der Waals surface area contributed by atoms with Crippen molar-refractivity contribution in [3.63, 3.8) is 0 Å². The molecule has 0 spiro atoms. The zero-order chi connectivity index (χ0) is 29.9. The van der Waals surface area contributed by atoms with E-state index in [1.807, 2.05) is 24.3 Å². The summed E-state index contributed by atoms with van der Waals surface area (Å²) in [6, 6.07) is 52.4. The lowest BCUT2D eigenvalue weighted by Gasteiger charge is -2.09. The predicted octanol–water partition coefficient (Wildman–Crippen LogP) is 10.7. The number of benzene rings is 7. The second kappa shape index (κ2) is 8.68. The van der Waals surface area contributed by atoms with Gasteiger partial charge in [-0.05, 0) is 76.5 Å². The normalized spacial score (nSPS) is 12.3. The molecule has 11 rings (SSSR count). The van der Waals surface area contributed by atoms with Crippen molar-refractivity contribution in [1.29, 1.82) is 0 Å². The summed E-state index contributed by atoms with van der Waals surface area (Å²) in [4.78, 5) is 10.1. The Morgan fingerprint density at radius 3 is 2.07 bits per heavy atom. The third-order valence-corrected chi connectivity index (χ3v) is 9.81. The van der Waals surface area contributed by atoms with Gasteiger partial charge in [-0.2, -0.15) is 0 Å². The van der Waals surface area contributed by atoms with Crippen molar-refractivity contribution in [2.24, 2.45) is 0 Å².